The highest BCUT2D eigenvalue weighted by Crippen LogP contribution is 2.35. The largest absolute Gasteiger partial charge is 0.478 e. The van der Waals surface area contributed by atoms with Crippen LogP contribution in [-0.4, -0.2) is 16.1 Å². The molecule has 0 atom stereocenters. The SMILES string of the molecule is Cc1ccc2c(C(F)(F)F)ccc(C(=O)O)c2n1. The summed E-state index contributed by atoms with van der Waals surface area (Å²) in [5.41, 5.74) is -0.793. The monoisotopic (exact) mass is 255 g/mol. The molecule has 18 heavy (non-hydrogen) atoms. The first-order chi connectivity index (χ1) is 8.30. The number of hydrogen-bond donors (Lipinski definition) is 1. The van der Waals surface area contributed by atoms with Gasteiger partial charge in [-0.1, -0.05) is 6.07 Å². The average molecular weight is 255 g/mol. The van der Waals surface area contributed by atoms with Crippen molar-refractivity contribution in [1.82, 2.24) is 4.98 Å². The van der Waals surface area contributed by atoms with E-state index in [4.69, 9.17) is 5.11 Å². The maximum absolute atomic E-state index is 12.8. The fourth-order valence-corrected chi connectivity index (χ4v) is 1.73. The second kappa shape index (κ2) is 3.97. The molecule has 0 aliphatic carbocycles. The summed E-state index contributed by atoms with van der Waals surface area (Å²) in [4.78, 5) is 14.9. The van der Waals surface area contributed by atoms with Gasteiger partial charge in [0.1, 0.15) is 0 Å². The van der Waals surface area contributed by atoms with Crippen LogP contribution in [0.1, 0.15) is 21.6 Å². The molecule has 0 spiro atoms. The fraction of sp³-hybridized carbons (Fsp3) is 0.167. The average Bonchev–Trinajstić information content (AvgIpc) is 2.25. The third kappa shape index (κ3) is 2.01. The molecule has 0 fully saturated rings. The highest BCUT2D eigenvalue weighted by atomic mass is 19.4. The van der Waals surface area contributed by atoms with Crippen LogP contribution in [0, 0.1) is 6.92 Å². The number of carboxylic acid groups (broad SMARTS) is 1. The summed E-state index contributed by atoms with van der Waals surface area (Å²) in [6, 6.07) is 4.36. The number of benzene rings is 1. The van der Waals surface area contributed by atoms with E-state index in [-0.39, 0.29) is 16.5 Å². The van der Waals surface area contributed by atoms with E-state index in [2.05, 4.69) is 4.98 Å². The molecule has 3 nitrogen and oxygen atoms in total. The molecule has 0 aliphatic heterocycles. The van der Waals surface area contributed by atoms with E-state index in [1.165, 1.54) is 12.1 Å². The molecular weight excluding hydrogens is 247 g/mol. The van der Waals surface area contributed by atoms with Gasteiger partial charge >= 0.3 is 12.1 Å². The molecule has 1 aromatic heterocycles. The maximum atomic E-state index is 12.8. The third-order valence-corrected chi connectivity index (χ3v) is 2.53. The molecule has 0 radical (unpaired) electrons. The lowest BCUT2D eigenvalue weighted by atomic mass is 10.0. The van der Waals surface area contributed by atoms with Gasteiger partial charge in [-0.15, -0.1) is 0 Å². The van der Waals surface area contributed by atoms with Crippen LogP contribution in [0.5, 0.6) is 0 Å². The second-order valence-electron chi connectivity index (χ2n) is 3.81. The number of alkyl halides is 3. The van der Waals surface area contributed by atoms with Gasteiger partial charge in [-0.2, -0.15) is 13.2 Å². The van der Waals surface area contributed by atoms with Crippen molar-refractivity contribution in [3.05, 3.63) is 41.1 Å². The minimum absolute atomic E-state index is 0.141. The number of aromatic carboxylic acids is 1. The number of pyridine rings is 1. The smallest absolute Gasteiger partial charge is 0.417 e. The predicted molar refractivity (Wildman–Crippen MR) is 58.4 cm³/mol. The Labute approximate surface area is 99.9 Å². The van der Waals surface area contributed by atoms with E-state index in [0.717, 1.165) is 12.1 Å². The van der Waals surface area contributed by atoms with E-state index in [1.807, 2.05) is 0 Å². The molecule has 6 heteroatoms. The van der Waals surface area contributed by atoms with Crippen molar-refractivity contribution in [2.75, 3.05) is 0 Å². The highest BCUT2D eigenvalue weighted by molar-refractivity contribution is 6.02. The predicted octanol–water partition coefficient (Wildman–Crippen LogP) is 3.26. The van der Waals surface area contributed by atoms with Crippen molar-refractivity contribution < 1.29 is 23.1 Å². The summed E-state index contributed by atoms with van der Waals surface area (Å²) >= 11 is 0. The number of halogens is 3. The zero-order valence-corrected chi connectivity index (χ0v) is 9.25. The lowest BCUT2D eigenvalue weighted by molar-refractivity contribution is -0.136. The quantitative estimate of drug-likeness (QED) is 0.850. The molecule has 0 unspecified atom stereocenters. The lowest BCUT2D eigenvalue weighted by Crippen LogP contribution is -2.09. The fourth-order valence-electron chi connectivity index (χ4n) is 1.73. The number of nitrogens with zero attached hydrogens (tertiary/aromatic N) is 1. The number of hydrogen-bond acceptors (Lipinski definition) is 2. The Morgan fingerprint density at radius 1 is 1.22 bits per heavy atom. The van der Waals surface area contributed by atoms with Crippen molar-refractivity contribution in [3.63, 3.8) is 0 Å². The minimum Gasteiger partial charge on any atom is -0.478 e. The first-order valence-corrected chi connectivity index (χ1v) is 5.01. The first kappa shape index (κ1) is 12.3. The summed E-state index contributed by atoms with van der Waals surface area (Å²) in [6.07, 6.45) is -4.54. The molecule has 0 aliphatic rings. The minimum atomic E-state index is -4.54. The third-order valence-electron chi connectivity index (χ3n) is 2.53. The lowest BCUT2D eigenvalue weighted by Gasteiger charge is -2.11. The molecule has 0 amide bonds. The van der Waals surface area contributed by atoms with Gasteiger partial charge in [0, 0.05) is 11.1 Å². The van der Waals surface area contributed by atoms with Crippen molar-refractivity contribution in [1.29, 1.82) is 0 Å². The Hall–Kier alpha value is -2.11. The van der Waals surface area contributed by atoms with Gasteiger partial charge < -0.3 is 5.11 Å². The molecule has 0 saturated heterocycles. The Bertz CT molecular complexity index is 635. The van der Waals surface area contributed by atoms with Gasteiger partial charge in [-0.25, -0.2) is 4.79 Å². The Morgan fingerprint density at radius 3 is 2.44 bits per heavy atom. The zero-order chi connectivity index (χ0) is 13.5. The molecule has 2 aromatic rings. The van der Waals surface area contributed by atoms with Gasteiger partial charge in [-0.3, -0.25) is 4.98 Å². The van der Waals surface area contributed by atoms with Crippen LogP contribution in [-0.2, 0) is 6.18 Å². The van der Waals surface area contributed by atoms with E-state index in [0.29, 0.717) is 5.69 Å². The second-order valence-corrected chi connectivity index (χ2v) is 3.81. The van der Waals surface area contributed by atoms with Crippen molar-refractivity contribution in [2.24, 2.45) is 0 Å². The molecular formula is C12H8F3NO2. The van der Waals surface area contributed by atoms with Crippen LogP contribution in [0.2, 0.25) is 0 Å². The summed E-state index contributed by atoms with van der Waals surface area (Å²) in [5, 5.41) is 8.75. The van der Waals surface area contributed by atoms with Crippen molar-refractivity contribution >= 4 is 16.9 Å². The summed E-state index contributed by atoms with van der Waals surface area (Å²) in [7, 11) is 0. The highest BCUT2D eigenvalue weighted by Gasteiger charge is 2.33. The Balaban J connectivity index is 2.88. The standard InChI is InChI=1S/C12H8F3NO2/c1-6-2-3-7-9(12(13,14)15)5-4-8(11(17)18)10(7)16-6/h2-5H,1H3,(H,17,18). The number of rotatable bonds is 1. The van der Waals surface area contributed by atoms with E-state index in [9.17, 15) is 18.0 Å². The van der Waals surface area contributed by atoms with Crippen LogP contribution >= 0.6 is 0 Å². The number of fused-ring (bicyclic) bond motifs is 1. The molecule has 2 rings (SSSR count). The van der Waals surface area contributed by atoms with Crippen LogP contribution in [0.4, 0.5) is 13.2 Å². The molecule has 1 N–H and O–H groups in total. The Morgan fingerprint density at radius 2 is 1.89 bits per heavy atom. The molecule has 1 heterocycles. The van der Waals surface area contributed by atoms with E-state index < -0.39 is 17.7 Å². The maximum Gasteiger partial charge on any atom is 0.417 e. The van der Waals surface area contributed by atoms with Crippen LogP contribution in [0.3, 0.4) is 0 Å². The Kier molecular flexibility index (Phi) is 2.73. The van der Waals surface area contributed by atoms with Gasteiger partial charge in [0.15, 0.2) is 0 Å². The van der Waals surface area contributed by atoms with Gasteiger partial charge in [0.25, 0.3) is 0 Å². The van der Waals surface area contributed by atoms with Crippen LogP contribution < -0.4 is 0 Å². The molecule has 94 valence electrons. The number of carboxylic acids is 1. The number of aromatic nitrogens is 1. The van der Waals surface area contributed by atoms with Gasteiger partial charge in [0.05, 0.1) is 16.6 Å². The number of carbonyl (C=O) groups is 1. The molecule has 0 bridgehead atoms. The van der Waals surface area contributed by atoms with Crippen molar-refractivity contribution in [2.45, 2.75) is 13.1 Å². The summed E-state index contributed by atoms with van der Waals surface area (Å²) in [6.45, 7) is 1.59. The van der Waals surface area contributed by atoms with Crippen LogP contribution in [0.15, 0.2) is 24.3 Å². The summed E-state index contributed by atoms with van der Waals surface area (Å²) in [5.74, 6) is -1.30. The first-order valence-electron chi connectivity index (χ1n) is 5.01. The van der Waals surface area contributed by atoms with E-state index in [1.54, 1.807) is 6.92 Å². The van der Waals surface area contributed by atoms with Gasteiger partial charge in [0.2, 0.25) is 0 Å². The van der Waals surface area contributed by atoms with E-state index >= 15 is 0 Å². The number of aryl methyl sites for hydroxylation is 1. The normalized spacial score (nSPS) is 11.8. The summed E-state index contributed by atoms with van der Waals surface area (Å²) < 4.78 is 38.3. The topological polar surface area (TPSA) is 50.2 Å². The molecule has 0 saturated carbocycles. The van der Waals surface area contributed by atoms with Crippen molar-refractivity contribution in [3.8, 4) is 0 Å². The molecule has 1 aromatic carbocycles. The van der Waals surface area contributed by atoms with Crippen LogP contribution in [0.25, 0.3) is 10.9 Å². The van der Waals surface area contributed by atoms with Gasteiger partial charge in [-0.05, 0) is 25.1 Å². The zero-order valence-electron chi connectivity index (χ0n) is 9.25.